The molecule has 1 aliphatic heterocycles. The molecule has 0 unspecified atom stereocenters. The van der Waals surface area contributed by atoms with Gasteiger partial charge in [-0.2, -0.15) is 13.2 Å². The fraction of sp³-hybridized carbons (Fsp3) is 0.200. The Kier molecular flexibility index (Phi) is 7.06. The van der Waals surface area contributed by atoms with Crippen molar-refractivity contribution in [2.45, 2.75) is 26.2 Å². The quantitative estimate of drug-likeness (QED) is 0.345. The maximum atomic E-state index is 13.2. The zero-order valence-corrected chi connectivity index (χ0v) is 22.3. The third kappa shape index (κ3) is 5.27. The van der Waals surface area contributed by atoms with Gasteiger partial charge in [0.05, 0.1) is 41.4 Å². The Balaban J connectivity index is 1.34. The maximum Gasteiger partial charge on any atom is 0.433 e. The van der Waals surface area contributed by atoms with Gasteiger partial charge in [0, 0.05) is 29.2 Å². The summed E-state index contributed by atoms with van der Waals surface area (Å²) in [5.41, 5.74) is 0.0740. The van der Waals surface area contributed by atoms with E-state index in [0.29, 0.717) is 21.8 Å². The van der Waals surface area contributed by atoms with E-state index < -0.39 is 35.1 Å². The van der Waals surface area contributed by atoms with Crippen LogP contribution in [-0.4, -0.2) is 43.8 Å². The second-order valence-electron chi connectivity index (χ2n) is 8.69. The van der Waals surface area contributed by atoms with Crippen molar-refractivity contribution in [3.63, 3.8) is 0 Å². The number of pyridine rings is 3. The van der Waals surface area contributed by atoms with Crippen LogP contribution in [0.1, 0.15) is 42.7 Å². The molecule has 0 radical (unpaired) electrons. The number of H-pyrrole nitrogens is 1. The third-order valence-electron chi connectivity index (χ3n) is 5.98. The fourth-order valence-corrected chi connectivity index (χ4v) is 5.26. The number of halogens is 4. The van der Waals surface area contributed by atoms with Crippen molar-refractivity contribution in [1.29, 1.82) is 0 Å². The molecule has 0 fully saturated rings. The van der Waals surface area contributed by atoms with E-state index in [1.165, 1.54) is 23.4 Å². The zero-order valence-electron chi connectivity index (χ0n) is 20.7. The Morgan fingerprint density at radius 3 is 2.62 bits per heavy atom. The van der Waals surface area contributed by atoms with Gasteiger partial charge in [0.25, 0.3) is 17.4 Å². The SMILES string of the molecule is COc1nc(C(F)(F)F)ccc1C(=O)N1Cc2nc(NC(=O)c3cnc(C)cc3-c3cc(Cl)c[nH]c3=O)sc2C1. The molecule has 0 aromatic carbocycles. The number of methoxy groups -OCH3 is 1. The van der Waals surface area contributed by atoms with Gasteiger partial charge in [0.2, 0.25) is 5.88 Å². The average Bonchev–Trinajstić information content (AvgIpc) is 3.47. The second kappa shape index (κ2) is 10.4. The Bertz CT molecular complexity index is 1700. The third-order valence-corrected chi connectivity index (χ3v) is 7.20. The summed E-state index contributed by atoms with van der Waals surface area (Å²) < 4.78 is 43.9. The molecule has 4 aromatic rings. The van der Waals surface area contributed by atoms with E-state index in [4.69, 9.17) is 16.3 Å². The van der Waals surface area contributed by atoms with Crippen LogP contribution in [0.5, 0.6) is 5.88 Å². The van der Waals surface area contributed by atoms with Gasteiger partial charge in [-0.3, -0.25) is 24.7 Å². The van der Waals surface area contributed by atoms with E-state index in [1.54, 1.807) is 13.0 Å². The summed E-state index contributed by atoms with van der Waals surface area (Å²) in [5, 5.41) is 3.26. The standard InChI is InChI=1S/C25H18ClF3N6O4S/c1-11-5-14(15-6-12(26)7-31-20(15)36)16(8-30-11)21(37)34-24-32-17-9-35(10-18(17)40-24)23(38)13-3-4-19(25(27,28)29)33-22(13)39-2/h3-8H,9-10H2,1-2H3,(H,31,36)(H,32,34,37). The van der Waals surface area contributed by atoms with Gasteiger partial charge in [-0.15, -0.1) is 0 Å². The van der Waals surface area contributed by atoms with Crippen molar-refractivity contribution >= 4 is 39.9 Å². The Morgan fingerprint density at radius 2 is 1.93 bits per heavy atom. The number of carbonyl (C=O) groups is 2. The second-order valence-corrected chi connectivity index (χ2v) is 10.2. The minimum Gasteiger partial charge on any atom is -0.480 e. The first-order valence-electron chi connectivity index (χ1n) is 11.5. The molecular weight excluding hydrogens is 573 g/mol. The van der Waals surface area contributed by atoms with E-state index in [9.17, 15) is 27.6 Å². The number of fused-ring (bicyclic) bond motifs is 1. The molecule has 0 aliphatic carbocycles. The fourth-order valence-electron chi connectivity index (χ4n) is 4.11. The summed E-state index contributed by atoms with van der Waals surface area (Å²) in [6.07, 6.45) is -1.99. The Morgan fingerprint density at radius 1 is 1.15 bits per heavy atom. The lowest BCUT2D eigenvalue weighted by molar-refractivity contribution is -0.141. The van der Waals surface area contributed by atoms with Crippen molar-refractivity contribution in [3.8, 4) is 17.0 Å². The molecule has 40 heavy (non-hydrogen) atoms. The highest BCUT2D eigenvalue weighted by Crippen LogP contribution is 2.35. The van der Waals surface area contributed by atoms with Crippen molar-refractivity contribution in [1.82, 2.24) is 24.8 Å². The molecule has 5 heterocycles. The van der Waals surface area contributed by atoms with Crippen LogP contribution in [0, 0.1) is 6.92 Å². The molecule has 5 rings (SSSR count). The number of hydrogen-bond acceptors (Lipinski definition) is 8. The molecule has 2 N–H and O–H groups in total. The van der Waals surface area contributed by atoms with E-state index in [1.807, 2.05) is 0 Å². The minimum atomic E-state index is -4.68. The predicted molar refractivity (Wildman–Crippen MR) is 139 cm³/mol. The topological polar surface area (TPSA) is 130 Å². The Labute approximate surface area is 232 Å². The van der Waals surface area contributed by atoms with Gasteiger partial charge in [-0.05, 0) is 31.2 Å². The first kappa shape index (κ1) is 27.3. The lowest BCUT2D eigenvalue weighted by atomic mass is 10.0. The van der Waals surface area contributed by atoms with Crippen molar-refractivity contribution < 1.29 is 27.5 Å². The van der Waals surface area contributed by atoms with E-state index >= 15 is 0 Å². The minimum absolute atomic E-state index is 0.0694. The van der Waals surface area contributed by atoms with Gasteiger partial charge >= 0.3 is 6.18 Å². The summed E-state index contributed by atoms with van der Waals surface area (Å²) in [7, 11) is 1.13. The summed E-state index contributed by atoms with van der Waals surface area (Å²) in [4.78, 5) is 55.3. The number of amides is 2. The highest BCUT2D eigenvalue weighted by atomic mass is 35.5. The normalized spacial score (nSPS) is 12.8. The molecule has 0 atom stereocenters. The molecule has 0 saturated heterocycles. The van der Waals surface area contributed by atoms with Crippen LogP contribution < -0.4 is 15.6 Å². The monoisotopic (exact) mass is 590 g/mol. The first-order valence-corrected chi connectivity index (χ1v) is 12.7. The molecule has 2 amide bonds. The number of aryl methyl sites for hydroxylation is 1. The largest absolute Gasteiger partial charge is 0.480 e. The van der Waals surface area contributed by atoms with E-state index in [-0.39, 0.29) is 39.9 Å². The lowest BCUT2D eigenvalue weighted by Crippen LogP contribution is -2.26. The summed E-state index contributed by atoms with van der Waals surface area (Å²) in [6.45, 7) is 1.92. The predicted octanol–water partition coefficient (Wildman–Crippen LogP) is 4.69. The molecule has 15 heteroatoms. The first-order chi connectivity index (χ1) is 18.9. The van der Waals surface area contributed by atoms with Gasteiger partial charge in [-0.1, -0.05) is 22.9 Å². The number of nitrogens with one attached hydrogen (secondary N) is 2. The number of carbonyl (C=O) groups excluding carboxylic acids is 2. The number of nitrogens with zero attached hydrogens (tertiary/aromatic N) is 4. The van der Waals surface area contributed by atoms with Gasteiger partial charge in [-0.25, -0.2) is 9.97 Å². The van der Waals surface area contributed by atoms with Crippen molar-refractivity contribution in [2.24, 2.45) is 0 Å². The van der Waals surface area contributed by atoms with Crippen LogP contribution in [0.15, 0.2) is 41.5 Å². The van der Waals surface area contributed by atoms with Crippen LogP contribution in [0.2, 0.25) is 5.02 Å². The molecular formula is C25H18ClF3N6O4S. The number of thiazole rings is 1. The van der Waals surface area contributed by atoms with Crippen molar-refractivity contribution in [2.75, 3.05) is 12.4 Å². The Hall–Kier alpha value is -4.30. The molecule has 206 valence electrons. The smallest absolute Gasteiger partial charge is 0.433 e. The van der Waals surface area contributed by atoms with Crippen LogP contribution in [-0.2, 0) is 19.3 Å². The van der Waals surface area contributed by atoms with Crippen LogP contribution >= 0.6 is 22.9 Å². The van der Waals surface area contributed by atoms with Gasteiger partial charge in [0.15, 0.2) is 5.13 Å². The number of alkyl halides is 3. The van der Waals surface area contributed by atoms with E-state index in [0.717, 1.165) is 30.6 Å². The van der Waals surface area contributed by atoms with Gasteiger partial charge in [0.1, 0.15) is 11.3 Å². The highest BCUT2D eigenvalue weighted by molar-refractivity contribution is 7.16. The number of hydrogen-bond donors (Lipinski definition) is 2. The number of ether oxygens (including phenoxy) is 1. The molecule has 1 aliphatic rings. The van der Waals surface area contributed by atoms with Gasteiger partial charge < -0.3 is 14.6 Å². The maximum absolute atomic E-state index is 13.2. The van der Waals surface area contributed by atoms with Crippen LogP contribution in [0.3, 0.4) is 0 Å². The van der Waals surface area contributed by atoms with Crippen LogP contribution in [0.4, 0.5) is 18.3 Å². The number of anilines is 1. The molecule has 0 saturated carbocycles. The zero-order chi connectivity index (χ0) is 28.8. The number of aromatic nitrogens is 4. The molecule has 4 aromatic heterocycles. The summed E-state index contributed by atoms with van der Waals surface area (Å²) in [5.74, 6) is -1.56. The summed E-state index contributed by atoms with van der Waals surface area (Å²) >= 11 is 7.19. The molecule has 10 nitrogen and oxygen atoms in total. The van der Waals surface area contributed by atoms with Crippen molar-refractivity contribution in [3.05, 3.63) is 85.1 Å². The summed E-state index contributed by atoms with van der Waals surface area (Å²) in [6, 6.07) is 4.81. The molecule has 0 bridgehead atoms. The molecule has 0 spiro atoms. The lowest BCUT2D eigenvalue weighted by Gasteiger charge is -2.17. The number of rotatable bonds is 5. The highest BCUT2D eigenvalue weighted by Gasteiger charge is 2.35. The van der Waals surface area contributed by atoms with Crippen LogP contribution in [0.25, 0.3) is 11.1 Å². The van der Waals surface area contributed by atoms with E-state index in [2.05, 4.69) is 25.3 Å². The average molecular weight is 591 g/mol. The number of aromatic amines is 1.